The summed E-state index contributed by atoms with van der Waals surface area (Å²) < 4.78 is 0. The number of nitrogens with two attached hydrogens (primary N) is 1. The Morgan fingerprint density at radius 3 is 2.79 bits per heavy atom. The van der Waals surface area contributed by atoms with E-state index >= 15 is 0 Å². The molecule has 1 aromatic carbocycles. The Balaban J connectivity index is 1.79. The van der Waals surface area contributed by atoms with Crippen molar-refractivity contribution < 1.29 is 0 Å². The minimum Gasteiger partial charge on any atom is -0.327 e. The molecule has 2 aliphatic rings. The minimum absolute atomic E-state index is 0.379. The van der Waals surface area contributed by atoms with E-state index in [2.05, 4.69) is 31.2 Å². The van der Waals surface area contributed by atoms with Crippen LogP contribution >= 0.6 is 0 Å². The first-order valence-electron chi connectivity index (χ1n) is 8.09. The molecule has 0 saturated heterocycles. The zero-order valence-corrected chi connectivity index (χ0v) is 12.1. The lowest BCUT2D eigenvalue weighted by atomic mass is 9.70. The SMILES string of the molecule is CC1CCCC(C(N)C2CCCc3ccccc32)C1. The molecule has 1 nitrogen and oxygen atoms in total. The van der Waals surface area contributed by atoms with E-state index in [1.165, 1.54) is 44.9 Å². The zero-order chi connectivity index (χ0) is 13.2. The van der Waals surface area contributed by atoms with Crippen LogP contribution in [0.1, 0.15) is 62.5 Å². The average Bonchev–Trinajstić information content (AvgIpc) is 2.46. The summed E-state index contributed by atoms with van der Waals surface area (Å²) in [6.07, 6.45) is 9.35. The summed E-state index contributed by atoms with van der Waals surface area (Å²) in [5.41, 5.74) is 9.81. The molecule has 0 bridgehead atoms. The second kappa shape index (κ2) is 5.66. The van der Waals surface area contributed by atoms with E-state index in [4.69, 9.17) is 5.73 Å². The summed E-state index contributed by atoms with van der Waals surface area (Å²) in [7, 11) is 0. The van der Waals surface area contributed by atoms with Crippen LogP contribution in [0.25, 0.3) is 0 Å². The van der Waals surface area contributed by atoms with Gasteiger partial charge in [0.15, 0.2) is 0 Å². The molecule has 2 N–H and O–H groups in total. The van der Waals surface area contributed by atoms with Gasteiger partial charge in [-0.05, 0) is 61.0 Å². The summed E-state index contributed by atoms with van der Waals surface area (Å²) in [4.78, 5) is 0. The Morgan fingerprint density at radius 1 is 1.11 bits per heavy atom. The predicted octanol–water partition coefficient (Wildman–Crippen LogP) is 4.26. The van der Waals surface area contributed by atoms with Gasteiger partial charge in [0.25, 0.3) is 0 Å². The summed E-state index contributed by atoms with van der Waals surface area (Å²) in [5.74, 6) is 2.24. The topological polar surface area (TPSA) is 26.0 Å². The number of fused-ring (bicyclic) bond motifs is 1. The molecule has 0 heterocycles. The summed E-state index contributed by atoms with van der Waals surface area (Å²) >= 11 is 0. The highest BCUT2D eigenvalue weighted by atomic mass is 14.7. The molecule has 2 aliphatic carbocycles. The van der Waals surface area contributed by atoms with E-state index < -0.39 is 0 Å². The molecular weight excluding hydrogens is 230 g/mol. The molecule has 0 radical (unpaired) electrons. The van der Waals surface area contributed by atoms with E-state index in [0.29, 0.717) is 12.0 Å². The van der Waals surface area contributed by atoms with Crippen LogP contribution < -0.4 is 5.73 Å². The van der Waals surface area contributed by atoms with Gasteiger partial charge in [-0.2, -0.15) is 0 Å². The van der Waals surface area contributed by atoms with Gasteiger partial charge in [-0.1, -0.05) is 44.0 Å². The molecule has 0 amide bonds. The largest absolute Gasteiger partial charge is 0.327 e. The van der Waals surface area contributed by atoms with Gasteiger partial charge in [-0.15, -0.1) is 0 Å². The molecule has 1 fully saturated rings. The minimum atomic E-state index is 0.379. The van der Waals surface area contributed by atoms with Crippen molar-refractivity contribution in [3.8, 4) is 0 Å². The molecule has 3 rings (SSSR count). The van der Waals surface area contributed by atoms with E-state index in [0.717, 1.165) is 11.8 Å². The fourth-order valence-electron chi connectivity index (χ4n) is 4.35. The first kappa shape index (κ1) is 13.2. The van der Waals surface area contributed by atoms with Crippen molar-refractivity contribution in [1.29, 1.82) is 0 Å². The van der Waals surface area contributed by atoms with E-state index in [9.17, 15) is 0 Å². The fraction of sp³-hybridized carbons (Fsp3) is 0.667. The monoisotopic (exact) mass is 257 g/mol. The van der Waals surface area contributed by atoms with Gasteiger partial charge >= 0.3 is 0 Å². The van der Waals surface area contributed by atoms with Gasteiger partial charge < -0.3 is 5.73 Å². The van der Waals surface area contributed by atoms with E-state index in [1.54, 1.807) is 11.1 Å². The molecule has 0 aromatic heterocycles. The van der Waals surface area contributed by atoms with Crippen LogP contribution in [0.4, 0.5) is 0 Å². The molecule has 1 heteroatoms. The van der Waals surface area contributed by atoms with Crippen LogP contribution in [-0.2, 0) is 6.42 Å². The predicted molar refractivity (Wildman–Crippen MR) is 81.2 cm³/mol. The Morgan fingerprint density at radius 2 is 1.95 bits per heavy atom. The van der Waals surface area contributed by atoms with Crippen molar-refractivity contribution in [2.24, 2.45) is 17.6 Å². The molecule has 1 aromatic rings. The van der Waals surface area contributed by atoms with Crippen molar-refractivity contribution >= 4 is 0 Å². The summed E-state index contributed by atoms with van der Waals surface area (Å²) in [6.45, 7) is 2.40. The Bertz CT molecular complexity index is 425. The highest BCUT2D eigenvalue weighted by Crippen LogP contribution is 2.40. The van der Waals surface area contributed by atoms with Crippen molar-refractivity contribution in [2.75, 3.05) is 0 Å². The van der Waals surface area contributed by atoms with Gasteiger partial charge in [0, 0.05) is 6.04 Å². The Hall–Kier alpha value is -0.820. The maximum Gasteiger partial charge on any atom is 0.0136 e. The maximum atomic E-state index is 6.70. The first-order chi connectivity index (χ1) is 9.25. The number of benzene rings is 1. The van der Waals surface area contributed by atoms with Crippen molar-refractivity contribution in [2.45, 2.75) is 63.8 Å². The summed E-state index contributed by atoms with van der Waals surface area (Å²) in [5, 5.41) is 0. The molecule has 4 atom stereocenters. The smallest absolute Gasteiger partial charge is 0.0136 e. The van der Waals surface area contributed by atoms with Crippen molar-refractivity contribution in [1.82, 2.24) is 0 Å². The Labute approximate surface area is 117 Å². The van der Waals surface area contributed by atoms with Crippen LogP contribution in [0.2, 0.25) is 0 Å². The number of rotatable bonds is 2. The van der Waals surface area contributed by atoms with Crippen LogP contribution in [0.3, 0.4) is 0 Å². The van der Waals surface area contributed by atoms with Gasteiger partial charge in [0.1, 0.15) is 0 Å². The second-order valence-corrected chi connectivity index (χ2v) is 6.81. The quantitative estimate of drug-likeness (QED) is 0.841. The molecule has 0 aliphatic heterocycles. The third kappa shape index (κ3) is 2.72. The Kier molecular flexibility index (Phi) is 3.93. The molecular formula is C18H27N. The van der Waals surface area contributed by atoms with Crippen LogP contribution in [0, 0.1) is 11.8 Å². The molecule has 0 spiro atoms. The number of hydrogen-bond donors (Lipinski definition) is 1. The van der Waals surface area contributed by atoms with Crippen LogP contribution in [0.5, 0.6) is 0 Å². The van der Waals surface area contributed by atoms with Gasteiger partial charge in [0.2, 0.25) is 0 Å². The standard InChI is InChI=1S/C18H27N/c1-13-6-4-9-15(12-13)18(19)17-11-5-8-14-7-2-3-10-16(14)17/h2-3,7,10,13,15,17-18H,4-6,8-9,11-12,19H2,1H3. The van der Waals surface area contributed by atoms with Crippen molar-refractivity contribution in [3.63, 3.8) is 0 Å². The fourth-order valence-corrected chi connectivity index (χ4v) is 4.35. The lowest BCUT2D eigenvalue weighted by molar-refractivity contribution is 0.221. The van der Waals surface area contributed by atoms with Gasteiger partial charge in [0.05, 0.1) is 0 Å². The van der Waals surface area contributed by atoms with E-state index in [-0.39, 0.29) is 0 Å². The molecule has 4 unspecified atom stereocenters. The zero-order valence-electron chi connectivity index (χ0n) is 12.1. The van der Waals surface area contributed by atoms with Crippen LogP contribution in [-0.4, -0.2) is 6.04 Å². The maximum absolute atomic E-state index is 6.70. The molecule has 104 valence electrons. The van der Waals surface area contributed by atoms with Gasteiger partial charge in [-0.3, -0.25) is 0 Å². The third-order valence-electron chi connectivity index (χ3n) is 5.40. The first-order valence-corrected chi connectivity index (χ1v) is 8.09. The lowest BCUT2D eigenvalue weighted by Gasteiger charge is -2.38. The molecule has 19 heavy (non-hydrogen) atoms. The average molecular weight is 257 g/mol. The lowest BCUT2D eigenvalue weighted by Crippen LogP contribution is -2.39. The third-order valence-corrected chi connectivity index (χ3v) is 5.40. The normalized spacial score (nSPS) is 32.6. The highest BCUT2D eigenvalue weighted by Gasteiger charge is 2.32. The second-order valence-electron chi connectivity index (χ2n) is 6.81. The number of aryl methyl sites for hydroxylation is 1. The van der Waals surface area contributed by atoms with Gasteiger partial charge in [-0.25, -0.2) is 0 Å². The van der Waals surface area contributed by atoms with E-state index in [1.807, 2.05) is 0 Å². The van der Waals surface area contributed by atoms with Crippen LogP contribution in [0.15, 0.2) is 24.3 Å². The molecule has 1 saturated carbocycles. The summed E-state index contributed by atoms with van der Waals surface area (Å²) in [6, 6.07) is 9.37. The number of hydrogen-bond acceptors (Lipinski definition) is 1. The highest BCUT2D eigenvalue weighted by molar-refractivity contribution is 5.33. The van der Waals surface area contributed by atoms with Crippen molar-refractivity contribution in [3.05, 3.63) is 35.4 Å².